The minimum Gasteiger partial charge on any atom is -0.369 e. The number of nitrogens with zero attached hydrogens (tertiary/aromatic N) is 10. The summed E-state index contributed by atoms with van der Waals surface area (Å²) in [6, 6.07) is 12.4. The number of hydrogen-bond acceptors (Lipinski definition) is 9. The lowest BCUT2D eigenvalue weighted by Gasteiger charge is -2.40. The Morgan fingerprint density at radius 1 is 1.02 bits per heavy atom. The van der Waals surface area contributed by atoms with Crippen molar-refractivity contribution in [2.24, 2.45) is 0 Å². The van der Waals surface area contributed by atoms with Gasteiger partial charge in [-0.25, -0.2) is 23.7 Å². The van der Waals surface area contributed by atoms with Gasteiger partial charge in [0.15, 0.2) is 17.5 Å². The molecule has 2 aliphatic heterocycles. The molecule has 0 aliphatic carbocycles. The van der Waals surface area contributed by atoms with E-state index in [4.69, 9.17) is 15.2 Å². The number of fused-ring (bicyclic) bond motifs is 1. The normalized spacial score (nSPS) is 17.2. The smallest absolute Gasteiger partial charge is 0.236 e. The van der Waals surface area contributed by atoms with Crippen LogP contribution < -0.4 is 9.80 Å². The van der Waals surface area contributed by atoms with Crippen molar-refractivity contribution in [2.45, 2.75) is 31.7 Å². The topological polar surface area (TPSA) is 100 Å². The molecule has 13 heteroatoms. The van der Waals surface area contributed by atoms with E-state index < -0.39 is 11.6 Å². The molecule has 0 spiro atoms. The predicted octanol–water partition coefficient (Wildman–Crippen LogP) is 4.15. The van der Waals surface area contributed by atoms with Crippen LogP contribution in [0.15, 0.2) is 48.8 Å². The number of likely N-dealkylation sites (N-methyl/N-ethyl adjacent to an activating group) is 1. The summed E-state index contributed by atoms with van der Waals surface area (Å²) in [6.07, 6.45) is 4.88. The molecular weight excluding hydrogens is 614 g/mol. The predicted molar refractivity (Wildman–Crippen MR) is 182 cm³/mol. The number of carbonyl (C=O) groups is 1. The van der Waals surface area contributed by atoms with Crippen LogP contribution in [-0.4, -0.2) is 120 Å². The molecule has 1 aromatic carbocycles. The number of aromatic nitrogens is 4. The van der Waals surface area contributed by atoms with Crippen molar-refractivity contribution in [2.75, 3.05) is 83.3 Å². The lowest BCUT2D eigenvalue weighted by atomic mass is 10.0. The first-order chi connectivity index (χ1) is 23.2. The standard InChI is InChI=1S/C35H42F2N10O/c1-42(2)15-5-17-46(28-6-4-16-45(24-28)31(48)13-14-38)35-32(37)33(25-7-10-27(11-8-25)44-20-18-43(3)19-21-44)40-34(41-35)29-22-39-30-12-9-26(36)23-47(29)30/h7-12,22-23,28H,4-6,13,15-21,24H2,1-3H3/t28-/m1/s1. The highest BCUT2D eigenvalue weighted by Gasteiger charge is 2.32. The molecule has 2 aliphatic rings. The summed E-state index contributed by atoms with van der Waals surface area (Å²) in [5.74, 6) is -0.889. The number of benzene rings is 1. The summed E-state index contributed by atoms with van der Waals surface area (Å²) < 4.78 is 33.0. The van der Waals surface area contributed by atoms with Crippen LogP contribution >= 0.6 is 0 Å². The van der Waals surface area contributed by atoms with Gasteiger partial charge in [-0.1, -0.05) is 12.1 Å². The first kappa shape index (κ1) is 33.2. The Balaban J connectivity index is 1.45. The largest absolute Gasteiger partial charge is 0.369 e. The quantitative estimate of drug-likeness (QED) is 0.249. The third-order valence-electron chi connectivity index (χ3n) is 9.24. The van der Waals surface area contributed by atoms with Gasteiger partial charge >= 0.3 is 0 Å². The van der Waals surface area contributed by atoms with Crippen LogP contribution in [0.4, 0.5) is 20.3 Å². The minimum atomic E-state index is -0.559. The maximum Gasteiger partial charge on any atom is 0.236 e. The highest BCUT2D eigenvalue weighted by molar-refractivity contribution is 5.78. The van der Waals surface area contributed by atoms with Crippen molar-refractivity contribution in [1.29, 1.82) is 5.26 Å². The number of anilines is 2. The lowest BCUT2D eigenvalue weighted by Crippen LogP contribution is -2.51. The molecule has 0 saturated carbocycles. The van der Waals surface area contributed by atoms with E-state index in [0.29, 0.717) is 36.5 Å². The highest BCUT2D eigenvalue weighted by Crippen LogP contribution is 2.34. The van der Waals surface area contributed by atoms with Crippen LogP contribution in [0.5, 0.6) is 0 Å². The Bertz CT molecular complexity index is 1780. The zero-order valence-corrected chi connectivity index (χ0v) is 27.8. The summed E-state index contributed by atoms with van der Waals surface area (Å²) in [5.41, 5.74) is 2.74. The molecule has 6 rings (SSSR count). The highest BCUT2D eigenvalue weighted by atomic mass is 19.1. The van der Waals surface area contributed by atoms with Crippen LogP contribution in [0.1, 0.15) is 25.7 Å². The van der Waals surface area contributed by atoms with Gasteiger partial charge in [0.1, 0.15) is 29.3 Å². The van der Waals surface area contributed by atoms with Gasteiger partial charge in [0.25, 0.3) is 0 Å². The number of amides is 1. The van der Waals surface area contributed by atoms with E-state index in [9.17, 15) is 9.18 Å². The van der Waals surface area contributed by atoms with Crippen molar-refractivity contribution in [3.8, 4) is 28.8 Å². The fraction of sp³-hybridized carbons (Fsp3) is 0.457. The molecule has 4 aromatic rings. The van der Waals surface area contributed by atoms with Crippen LogP contribution in [0.2, 0.25) is 0 Å². The number of carbonyl (C=O) groups excluding carboxylic acids is 1. The lowest BCUT2D eigenvalue weighted by molar-refractivity contribution is -0.131. The Kier molecular flexibility index (Phi) is 10.1. The number of imidazole rings is 1. The van der Waals surface area contributed by atoms with Gasteiger partial charge in [-0.15, -0.1) is 0 Å². The monoisotopic (exact) mass is 656 g/mol. The number of piperazine rings is 1. The summed E-state index contributed by atoms with van der Waals surface area (Å²) >= 11 is 0. The molecule has 11 nitrogen and oxygen atoms in total. The van der Waals surface area contributed by atoms with E-state index in [1.54, 1.807) is 21.6 Å². The van der Waals surface area contributed by atoms with Crippen molar-refractivity contribution in [1.82, 2.24) is 34.1 Å². The number of pyridine rings is 1. The maximum atomic E-state index is 17.0. The second-order valence-electron chi connectivity index (χ2n) is 12.9. The molecule has 1 atom stereocenters. The average molecular weight is 657 g/mol. The second-order valence-corrected chi connectivity index (χ2v) is 12.9. The van der Waals surface area contributed by atoms with E-state index >= 15 is 4.39 Å². The Morgan fingerprint density at radius 3 is 2.52 bits per heavy atom. The molecule has 48 heavy (non-hydrogen) atoms. The molecule has 0 N–H and O–H groups in total. The number of nitriles is 1. The Hall–Kier alpha value is -4.67. The molecule has 1 amide bonds. The molecule has 0 bridgehead atoms. The zero-order valence-electron chi connectivity index (χ0n) is 27.8. The first-order valence-corrected chi connectivity index (χ1v) is 16.5. The summed E-state index contributed by atoms with van der Waals surface area (Å²) in [7, 11) is 6.10. The van der Waals surface area contributed by atoms with E-state index in [-0.39, 0.29) is 35.7 Å². The van der Waals surface area contributed by atoms with Gasteiger partial charge in [-0.05, 0) is 71.2 Å². The van der Waals surface area contributed by atoms with Crippen LogP contribution in [0, 0.1) is 23.0 Å². The van der Waals surface area contributed by atoms with Gasteiger partial charge in [0, 0.05) is 69.3 Å². The fourth-order valence-corrected chi connectivity index (χ4v) is 6.58. The third-order valence-corrected chi connectivity index (χ3v) is 9.24. The molecule has 0 unspecified atom stereocenters. The molecule has 0 radical (unpaired) electrons. The van der Waals surface area contributed by atoms with Gasteiger partial charge in [0.2, 0.25) is 5.91 Å². The van der Waals surface area contributed by atoms with Crippen molar-refractivity contribution >= 4 is 23.1 Å². The van der Waals surface area contributed by atoms with E-state index in [1.807, 2.05) is 49.3 Å². The van der Waals surface area contributed by atoms with Crippen LogP contribution in [0.25, 0.3) is 28.4 Å². The number of rotatable bonds is 10. The maximum absolute atomic E-state index is 17.0. The Labute approximate surface area is 280 Å². The number of piperidine rings is 1. The Morgan fingerprint density at radius 2 is 1.79 bits per heavy atom. The van der Waals surface area contributed by atoms with Gasteiger partial charge in [0.05, 0.1) is 12.3 Å². The van der Waals surface area contributed by atoms with Crippen LogP contribution in [-0.2, 0) is 4.79 Å². The van der Waals surface area contributed by atoms with Crippen molar-refractivity contribution < 1.29 is 13.6 Å². The molecule has 2 saturated heterocycles. The summed E-state index contributed by atoms with van der Waals surface area (Å²) in [6.45, 7) is 5.93. The van der Waals surface area contributed by atoms with Crippen LogP contribution in [0.3, 0.4) is 0 Å². The first-order valence-electron chi connectivity index (χ1n) is 16.5. The van der Waals surface area contributed by atoms with Crippen molar-refractivity contribution in [3.05, 3.63) is 60.4 Å². The zero-order chi connectivity index (χ0) is 33.8. The third kappa shape index (κ3) is 7.24. The average Bonchev–Trinajstić information content (AvgIpc) is 3.51. The SMILES string of the molecule is CN(C)CCCN(c1nc(-c2cnc3ccc(F)cn23)nc(-c2ccc(N3CCN(C)CC3)cc2)c1F)[C@@H]1CCCN(C(=O)CC#N)C1. The minimum absolute atomic E-state index is 0.128. The second kappa shape index (κ2) is 14.6. The molecule has 3 aromatic heterocycles. The van der Waals surface area contributed by atoms with E-state index in [1.165, 1.54) is 12.3 Å². The fourth-order valence-electron chi connectivity index (χ4n) is 6.58. The number of halogens is 2. The van der Waals surface area contributed by atoms with E-state index in [0.717, 1.165) is 57.7 Å². The number of hydrogen-bond donors (Lipinski definition) is 0. The number of likely N-dealkylation sites (tertiary alicyclic amines) is 1. The molecular formula is C35H42F2N10O. The van der Waals surface area contributed by atoms with Gasteiger partial charge < -0.3 is 24.5 Å². The molecule has 2 fully saturated rings. The van der Waals surface area contributed by atoms with Crippen molar-refractivity contribution in [3.63, 3.8) is 0 Å². The van der Waals surface area contributed by atoms with E-state index in [2.05, 4.69) is 26.7 Å². The summed E-state index contributed by atoms with van der Waals surface area (Å²) in [4.78, 5) is 37.1. The van der Waals surface area contributed by atoms with Gasteiger partial charge in [-0.2, -0.15) is 5.26 Å². The molecule has 252 valence electrons. The molecule has 5 heterocycles. The summed E-state index contributed by atoms with van der Waals surface area (Å²) in [5, 5.41) is 9.16. The van der Waals surface area contributed by atoms with Gasteiger partial charge in [-0.3, -0.25) is 9.20 Å².